The fraction of sp³-hybridized carbons (Fsp3) is 0.135. The topological polar surface area (TPSA) is 0 Å². The maximum absolute atomic E-state index is 7.87. The SMILES string of the molecule is CCCC1=Cc2c(ccc(C)c2-c2ccccc2-c2ccccc2)[CH]1[Zr]([Cl])([Cl])[c]1cccc2c1[SiH2]c1ccccc1-2. The third-order valence-electron chi connectivity index (χ3n) is 8.89. The Morgan fingerprint density at radius 1 is 0.707 bits per heavy atom. The van der Waals surface area contributed by atoms with Crippen molar-refractivity contribution in [3.63, 3.8) is 0 Å². The Bertz CT molecular complexity index is 1820. The van der Waals surface area contributed by atoms with E-state index >= 15 is 0 Å². The molecule has 1 aliphatic heterocycles. The molecule has 0 N–H and O–H groups in total. The molecule has 0 bridgehead atoms. The second-order valence-electron chi connectivity index (χ2n) is 11.4. The van der Waals surface area contributed by atoms with E-state index in [1.54, 1.807) is 0 Å². The van der Waals surface area contributed by atoms with Crippen LogP contribution in [0, 0.1) is 6.92 Å². The summed E-state index contributed by atoms with van der Waals surface area (Å²) in [7, 11) is 15.1. The Labute approximate surface area is 257 Å². The Morgan fingerprint density at radius 3 is 2.17 bits per heavy atom. The molecule has 0 nitrogen and oxygen atoms in total. The van der Waals surface area contributed by atoms with Crippen molar-refractivity contribution < 1.29 is 17.9 Å². The number of fused-ring (bicyclic) bond motifs is 4. The standard InChI is InChI=1S/C25H23.C12H9Si.2ClH.Zr/c1-3-9-19-16-21-15-14-18(2)25(24(21)17-19)23-13-8-7-12-22(23)20-10-5-4-6-11-20;1-3-7-11-9(5-1)10-6-2-4-8-12(10)13-11;;;/h4-8,10-17H,3,9H2,1-2H3;1-7H,13H2;2*1H;/q;;;;+2/p-2. The number of rotatable bonds is 6. The van der Waals surface area contributed by atoms with Gasteiger partial charge < -0.3 is 0 Å². The third kappa shape index (κ3) is 4.59. The molecule has 1 unspecified atom stereocenters. The minimum atomic E-state index is -3.99. The van der Waals surface area contributed by atoms with E-state index in [-0.39, 0.29) is 3.63 Å². The van der Waals surface area contributed by atoms with Gasteiger partial charge in [0.05, 0.1) is 0 Å². The summed E-state index contributed by atoms with van der Waals surface area (Å²) in [5.74, 6) is 0. The predicted molar refractivity (Wildman–Crippen MR) is 179 cm³/mol. The van der Waals surface area contributed by atoms with Crippen molar-refractivity contribution in [1.82, 2.24) is 0 Å². The summed E-state index contributed by atoms with van der Waals surface area (Å²) < 4.78 is 1.41. The van der Waals surface area contributed by atoms with Crippen molar-refractivity contribution in [1.29, 1.82) is 0 Å². The van der Waals surface area contributed by atoms with Crippen LogP contribution in [0.3, 0.4) is 0 Å². The van der Waals surface area contributed by atoms with Crippen LogP contribution in [0.15, 0.2) is 115 Å². The first-order chi connectivity index (χ1) is 20.0. The Hall–Kier alpha value is -2.48. The summed E-state index contributed by atoms with van der Waals surface area (Å²) in [6.07, 6.45) is 4.55. The molecule has 0 spiro atoms. The van der Waals surface area contributed by atoms with Crippen LogP contribution < -0.4 is 13.6 Å². The fourth-order valence-electron chi connectivity index (χ4n) is 7.11. The van der Waals surface area contributed by atoms with Gasteiger partial charge in [0, 0.05) is 0 Å². The average Bonchev–Trinajstić information content (AvgIpc) is 3.56. The van der Waals surface area contributed by atoms with Gasteiger partial charge in [-0.2, -0.15) is 0 Å². The summed E-state index contributed by atoms with van der Waals surface area (Å²) in [4.78, 5) is 0. The monoisotopic (exact) mass is 664 g/mol. The van der Waals surface area contributed by atoms with Crippen molar-refractivity contribution in [2.45, 2.75) is 30.3 Å². The molecule has 1 aliphatic carbocycles. The van der Waals surface area contributed by atoms with Gasteiger partial charge in [-0.15, -0.1) is 0 Å². The Kier molecular flexibility index (Phi) is 7.32. The summed E-state index contributed by atoms with van der Waals surface area (Å²) in [6, 6.07) is 39.8. The summed E-state index contributed by atoms with van der Waals surface area (Å²) in [5.41, 5.74) is 13.2. The Balaban J connectivity index is 1.41. The first kappa shape index (κ1) is 27.4. The molecule has 5 aromatic rings. The molecule has 1 heterocycles. The summed E-state index contributed by atoms with van der Waals surface area (Å²) in [6.45, 7) is 4.50. The van der Waals surface area contributed by atoms with Crippen LogP contribution in [-0.2, 0) is 17.9 Å². The normalized spacial score (nSPS) is 15.9. The van der Waals surface area contributed by atoms with Gasteiger partial charge in [0.25, 0.3) is 0 Å². The van der Waals surface area contributed by atoms with E-state index in [2.05, 4.69) is 129 Å². The second-order valence-corrected chi connectivity index (χ2v) is 27.2. The van der Waals surface area contributed by atoms with Gasteiger partial charge in [0.1, 0.15) is 0 Å². The molecule has 4 heteroatoms. The van der Waals surface area contributed by atoms with Gasteiger partial charge in [-0.1, -0.05) is 0 Å². The van der Waals surface area contributed by atoms with E-state index in [1.807, 2.05) is 0 Å². The van der Waals surface area contributed by atoms with Crippen molar-refractivity contribution in [2.75, 3.05) is 0 Å². The number of hydrogen-bond donors (Lipinski definition) is 0. The van der Waals surface area contributed by atoms with Crippen LogP contribution in [-0.4, -0.2) is 9.52 Å². The van der Waals surface area contributed by atoms with E-state index in [9.17, 15) is 0 Å². The first-order valence-electron chi connectivity index (χ1n) is 14.6. The van der Waals surface area contributed by atoms with Crippen LogP contribution in [0.1, 0.15) is 40.1 Å². The van der Waals surface area contributed by atoms with Crippen LogP contribution >= 0.6 is 17.0 Å². The van der Waals surface area contributed by atoms with Crippen LogP contribution in [0.25, 0.3) is 39.5 Å². The molecule has 202 valence electrons. The van der Waals surface area contributed by atoms with Gasteiger partial charge >= 0.3 is 259 Å². The molecule has 0 aromatic heterocycles. The maximum atomic E-state index is 7.87. The predicted octanol–water partition coefficient (Wildman–Crippen LogP) is 8.45. The van der Waals surface area contributed by atoms with E-state index in [0.717, 1.165) is 12.8 Å². The van der Waals surface area contributed by atoms with Gasteiger partial charge in [0.2, 0.25) is 0 Å². The van der Waals surface area contributed by atoms with Crippen LogP contribution in [0.2, 0.25) is 0 Å². The van der Waals surface area contributed by atoms with E-state index in [1.165, 1.54) is 69.3 Å². The van der Waals surface area contributed by atoms with Crippen molar-refractivity contribution >= 4 is 46.3 Å². The van der Waals surface area contributed by atoms with E-state index < -0.39 is 27.4 Å². The number of allylic oxidation sites excluding steroid dienone is 1. The van der Waals surface area contributed by atoms with Gasteiger partial charge in [-0.25, -0.2) is 0 Å². The zero-order chi connectivity index (χ0) is 28.1. The quantitative estimate of drug-likeness (QED) is 0.157. The first-order valence-corrected chi connectivity index (χ1v) is 25.0. The summed E-state index contributed by atoms with van der Waals surface area (Å²) in [5, 5.41) is 3.00. The van der Waals surface area contributed by atoms with Gasteiger partial charge in [-0.05, 0) is 0 Å². The molecule has 7 rings (SSSR count). The molecule has 0 saturated heterocycles. The molecule has 0 saturated carbocycles. The van der Waals surface area contributed by atoms with Crippen molar-refractivity contribution in [2.24, 2.45) is 0 Å². The van der Waals surface area contributed by atoms with E-state index in [0.29, 0.717) is 0 Å². The number of aryl methyl sites for hydroxylation is 1. The van der Waals surface area contributed by atoms with Crippen LogP contribution in [0.4, 0.5) is 0 Å². The Morgan fingerprint density at radius 2 is 1.39 bits per heavy atom. The fourth-order valence-corrected chi connectivity index (χ4v) is 24.0. The second kappa shape index (κ2) is 11.0. The molecule has 0 fully saturated rings. The molecular weight excluding hydrogens is 635 g/mol. The molecule has 0 radical (unpaired) electrons. The average molecular weight is 667 g/mol. The van der Waals surface area contributed by atoms with Gasteiger partial charge in [-0.3, -0.25) is 0 Å². The molecule has 2 aliphatic rings. The summed E-state index contributed by atoms with van der Waals surface area (Å²) >= 11 is -3.99. The number of halogens is 2. The molecule has 0 amide bonds. The van der Waals surface area contributed by atoms with Gasteiger partial charge in [0.15, 0.2) is 0 Å². The van der Waals surface area contributed by atoms with E-state index in [4.69, 9.17) is 17.0 Å². The molecule has 5 aromatic carbocycles. The minimum absolute atomic E-state index is 0.107. The van der Waals surface area contributed by atoms with Crippen LogP contribution in [0.5, 0.6) is 0 Å². The zero-order valence-electron chi connectivity index (χ0n) is 23.4. The third-order valence-corrected chi connectivity index (χ3v) is 23.2. The molecular formula is C37H32Cl2SiZr. The van der Waals surface area contributed by atoms with Crippen molar-refractivity contribution in [3.8, 4) is 33.4 Å². The number of hydrogen-bond acceptors (Lipinski definition) is 0. The zero-order valence-corrected chi connectivity index (χ0v) is 28.8. The van der Waals surface area contributed by atoms with Crippen molar-refractivity contribution in [3.05, 3.63) is 131 Å². The number of benzene rings is 5. The molecule has 1 atom stereocenters. The molecule has 41 heavy (non-hydrogen) atoms.